The van der Waals surface area contributed by atoms with E-state index in [4.69, 9.17) is 4.52 Å². The summed E-state index contributed by atoms with van der Waals surface area (Å²) in [7, 11) is 1.70. The maximum Gasteiger partial charge on any atom is 0.241 e. The van der Waals surface area contributed by atoms with Gasteiger partial charge in [-0.2, -0.15) is 4.98 Å². The van der Waals surface area contributed by atoms with E-state index in [0.717, 1.165) is 6.42 Å². The SMILES string of the molecule is C=C[C@H](NC)C(=O)NCCc1cc(-c2cnc(Nc3cccc(F)c3)nc2NCCC)on1. The number of amides is 1. The molecular weight excluding hydrogens is 425 g/mol. The molecular formula is C23H28FN7O2. The number of carbonyl (C=O) groups is 1. The summed E-state index contributed by atoms with van der Waals surface area (Å²) in [6.45, 7) is 6.78. The Bertz CT molecular complexity index is 1090. The molecule has 4 N–H and O–H groups in total. The zero-order valence-electron chi connectivity index (χ0n) is 18.7. The van der Waals surface area contributed by atoms with Gasteiger partial charge in [0, 0.05) is 37.5 Å². The molecule has 0 aliphatic carbocycles. The Morgan fingerprint density at radius 1 is 1.30 bits per heavy atom. The first-order valence-electron chi connectivity index (χ1n) is 10.7. The molecule has 0 bridgehead atoms. The Balaban J connectivity index is 1.71. The maximum atomic E-state index is 13.5. The summed E-state index contributed by atoms with van der Waals surface area (Å²) in [5.74, 6) is 0.900. The molecule has 10 heteroatoms. The van der Waals surface area contributed by atoms with Gasteiger partial charge in [0.05, 0.1) is 11.3 Å². The average molecular weight is 454 g/mol. The number of rotatable bonds is 12. The minimum absolute atomic E-state index is 0.156. The summed E-state index contributed by atoms with van der Waals surface area (Å²) in [6, 6.07) is 7.43. The van der Waals surface area contributed by atoms with Gasteiger partial charge in [-0.1, -0.05) is 24.2 Å². The van der Waals surface area contributed by atoms with Crippen molar-refractivity contribution in [3.63, 3.8) is 0 Å². The number of anilines is 3. The molecule has 0 radical (unpaired) electrons. The Kier molecular flexibility index (Phi) is 8.48. The fourth-order valence-electron chi connectivity index (χ4n) is 3.03. The van der Waals surface area contributed by atoms with Gasteiger partial charge in [-0.3, -0.25) is 4.79 Å². The highest BCUT2D eigenvalue weighted by molar-refractivity contribution is 5.83. The van der Waals surface area contributed by atoms with E-state index in [2.05, 4.69) is 43.0 Å². The first-order chi connectivity index (χ1) is 16.0. The molecule has 3 rings (SSSR count). The Labute approximate surface area is 191 Å². The third-order valence-corrected chi connectivity index (χ3v) is 4.75. The number of benzene rings is 1. The number of hydrogen-bond acceptors (Lipinski definition) is 8. The molecule has 0 saturated carbocycles. The zero-order valence-corrected chi connectivity index (χ0v) is 18.7. The van der Waals surface area contributed by atoms with Gasteiger partial charge in [0.1, 0.15) is 17.7 Å². The van der Waals surface area contributed by atoms with Crippen LogP contribution in [0.2, 0.25) is 0 Å². The van der Waals surface area contributed by atoms with Crippen LogP contribution in [0, 0.1) is 5.82 Å². The smallest absolute Gasteiger partial charge is 0.241 e. The van der Waals surface area contributed by atoms with Crippen LogP contribution in [0.4, 0.5) is 21.8 Å². The normalized spacial score (nSPS) is 11.6. The number of hydrogen-bond donors (Lipinski definition) is 4. The number of halogens is 1. The lowest BCUT2D eigenvalue weighted by atomic mass is 10.2. The van der Waals surface area contributed by atoms with Crippen molar-refractivity contribution >= 4 is 23.4 Å². The van der Waals surface area contributed by atoms with Crippen molar-refractivity contribution in [3.8, 4) is 11.3 Å². The van der Waals surface area contributed by atoms with E-state index in [1.807, 2.05) is 6.92 Å². The van der Waals surface area contributed by atoms with E-state index in [9.17, 15) is 9.18 Å². The Morgan fingerprint density at radius 3 is 2.88 bits per heavy atom. The van der Waals surface area contributed by atoms with E-state index in [1.165, 1.54) is 12.1 Å². The summed E-state index contributed by atoms with van der Waals surface area (Å²) in [4.78, 5) is 20.9. The van der Waals surface area contributed by atoms with Crippen molar-refractivity contribution in [2.45, 2.75) is 25.8 Å². The van der Waals surface area contributed by atoms with E-state index in [0.29, 0.717) is 54.0 Å². The maximum absolute atomic E-state index is 13.5. The second-order valence-electron chi connectivity index (χ2n) is 7.24. The lowest BCUT2D eigenvalue weighted by Crippen LogP contribution is -2.41. The van der Waals surface area contributed by atoms with Crippen LogP contribution in [0.25, 0.3) is 11.3 Å². The van der Waals surface area contributed by atoms with Crippen LogP contribution in [0.3, 0.4) is 0 Å². The minimum Gasteiger partial charge on any atom is -0.369 e. The van der Waals surface area contributed by atoms with Crippen molar-refractivity contribution in [2.75, 3.05) is 30.8 Å². The molecule has 174 valence electrons. The van der Waals surface area contributed by atoms with E-state index in [-0.39, 0.29) is 11.7 Å². The first-order valence-corrected chi connectivity index (χ1v) is 10.7. The summed E-state index contributed by atoms with van der Waals surface area (Å²) >= 11 is 0. The van der Waals surface area contributed by atoms with Crippen LogP contribution >= 0.6 is 0 Å². The zero-order chi connectivity index (χ0) is 23.6. The summed E-state index contributed by atoms with van der Waals surface area (Å²) in [5.41, 5.74) is 1.89. The molecule has 2 heterocycles. The van der Waals surface area contributed by atoms with E-state index >= 15 is 0 Å². The fraction of sp³-hybridized carbons (Fsp3) is 0.304. The van der Waals surface area contributed by atoms with Gasteiger partial charge >= 0.3 is 0 Å². The summed E-state index contributed by atoms with van der Waals surface area (Å²) < 4.78 is 19.0. The van der Waals surface area contributed by atoms with Gasteiger partial charge in [0.15, 0.2) is 5.76 Å². The van der Waals surface area contributed by atoms with Crippen molar-refractivity contribution < 1.29 is 13.7 Å². The molecule has 1 aromatic carbocycles. The number of aromatic nitrogens is 3. The molecule has 2 aromatic heterocycles. The van der Waals surface area contributed by atoms with Gasteiger partial charge in [0.2, 0.25) is 11.9 Å². The molecule has 1 atom stereocenters. The minimum atomic E-state index is -0.443. The lowest BCUT2D eigenvalue weighted by molar-refractivity contribution is -0.121. The van der Waals surface area contributed by atoms with E-state index < -0.39 is 6.04 Å². The van der Waals surface area contributed by atoms with Crippen LogP contribution in [-0.4, -0.2) is 47.2 Å². The molecule has 0 saturated heterocycles. The third kappa shape index (κ3) is 6.59. The van der Waals surface area contributed by atoms with Gasteiger partial charge < -0.3 is 25.8 Å². The highest BCUT2D eigenvalue weighted by Crippen LogP contribution is 2.28. The Hall–Kier alpha value is -3.79. The highest BCUT2D eigenvalue weighted by atomic mass is 19.1. The van der Waals surface area contributed by atoms with Crippen molar-refractivity contribution in [3.05, 3.63) is 60.7 Å². The van der Waals surface area contributed by atoms with Gasteiger partial charge in [-0.15, -0.1) is 6.58 Å². The van der Waals surface area contributed by atoms with Crippen molar-refractivity contribution in [1.29, 1.82) is 0 Å². The van der Waals surface area contributed by atoms with Gasteiger partial charge in [-0.25, -0.2) is 9.37 Å². The largest absolute Gasteiger partial charge is 0.369 e. The molecule has 3 aromatic rings. The van der Waals surface area contributed by atoms with Crippen molar-refractivity contribution in [1.82, 2.24) is 25.8 Å². The third-order valence-electron chi connectivity index (χ3n) is 4.75. The number of carbonyl (C=O) groups excluding carboxylic acids is 1. The molecule has 9 nitrogen and oxygen atoms in total. The first kappa shape index (κ1) is 23.9. The van der Waals surface area contributed by atoms with Crippen LogP contribution < -0.4 is 21.3 Å². The second-order valence-corrected chi connectivity index (χ2v) is 7.24. The lowest BCUT2D eigenvalue weighted by Gasteiger charge is -2.11. The number of nitrogens with one attached hydrogen (secondary N) is 4. The quantitative estimate of drug-likeness (QED) is 0.309. The monoisotopic (exact) mass is 453 g/mol. The van der Waals surface area contributed by atoms with Crippen LogP contribution in [0.1, 0.15) is 19.0 Å². The molecule has 0 aliphatic heterocycles. The van der Waals surface area contributed by atoms with Crippen LogP contribution in [0.15, 0.2) is 53.7 Å². The fourth-order valence-corrected chi connectivity index (χ4v) is 3.03. The topological polar surface area (TPSA) is 117 Å². The van der Waals surface area contributed by atoms with Gasteiger partial charge in [0.25, 0.3) is 0 Å². The van der Waals surface area contributed by atoms with Crippen LogP contribution in [0.5, 0.6) is 0 Å². The average Bonchev–Trinajstić information content (AvgIpc) is 3.27. The summed E-state index contributed by atoms with van der Waals surface area (Å²) in [6.07, 6.45) is 4.57. The summed E-state index contributed by atoms with van der Waals surface area (Å²) in [5, 5.41) is 16.1. The molecule has 0 spiro atoms. The molecule has 1 amide bonds. The number of nitrogens with zero attached hydrogens (tertiary/aromatic N) is 3. The standard InChI is InChI=1S/C23H28FN7O2/c1-4-10-26-21-18(14-28-23(30-21)29-16-8-6-7-15(24)12-16)20-13-17(31-33-20)9-11-27-22(32)19(5-2)25-3/h5-8,12-14,19,25H,2,4,9-11H2,1,3H3,(H,27,32)(H2,26,28,29,30)/t19-/m0/s1. The highest BCUT2D eigenvalue weighted by Gasteiger charge is 2.16. The molecule has 33 heavy (non-hydrogen) atoms. The number of likely N-dealkylation sites (N-methyl/N-ethyl adjacent to an activating group) is 1. The van der Waals surface area contributed by atoms with E-state index in [1.54, 1.807) is 37.5 Å². The molecule has 0 unspecified atom stereocenters. The van der Waals surface area contributed by atoms with Gasteiger partial charge in [-0.05, 0) is 31.7 Å². The second kappa shape index (κ2) is 11.7. The Morgan fingerprint density at radius 2 is 2.15 bits per heavy atom. The van der Waals surface area contributed by atoms with Crippen molar-refractivity contribution in [2.24, 2.45) is 0 Å². The molecule has 0 aliphatic rings. The predicted molar refractivity (Wildman–Crippen MR) is 126 cm³/mol. The van der Waals surface area contributed by atoms with Crippen LogP contribution in [-0.2, 0) is 11.2 Å². The molecule has 0 fully saturated rings. The predicted octanol–water partition coefficient (Wildman–Crippen LogP) is 3.27.